The Bertz CT molecular complexity index is 594. The number of likely N-dealkylation sites (N-methyl/N-ethyl adjacent to an activating group) is 1. The van der Waals surface area contributed by atoms with Gasteiger partial charge in [-0.15, -0.1) is 0 Å². The van der Waals surface area contributed by atoms with Crippen LogP contribution in [0.1, 0.15) is 0 Å². The van der Waals surface area contributed by atoms with Crippen LogP contribution in [0.2, 0.25) is 0 Å². The van der Waals surface area contributed by atoms with E-state index in [1.807, 2.05) is 7.05 Å². The molecule has 0 bridgehead atoms. The van der Waals surface area contributed by atoms with Crippen LogP contribution >= 0.6 is 0 Å². The number of pyridine rings is 1. The van der Waals surface area contributed by atoms with Crippen LogP contribution in [0.4, 0.5) is 5.69 Å². The molecule has 20 heavy (non-hydrogen) atoms. The molecule has 0 atom stereocenters. The minimum Gasteiger partial charge on any atom is -0.396 e. The normalized spacial score (nSPS) is 17.1. The van der Waals surface area contributed by atoms with Crippen LogP contribution in [0.5, 0.6) is 0 Å². The van der Waals surface area contributed by atoms with E-state index in [1.165, 1.54) is 18.5 Å². The smallest absolute Gasteiger partial charge is 0.238 e. The SMILES string of the molecule is CN1CCN(C(=O)CS(=O)(=O)c2ccncc2N)CC1. The number of amides is 1. The number of rotatable bonds is 3. The molecule has 1 aliphatic rings. The highest BCUT2D eigenvalue weighted by molar-refractivity contribution is 7.92. The van der Waals surface area contributed by atoms with Gasteiger partial charge < -0.3 is 15.5 Å². The fourth-order valence-electron chi connectivity index (χ4n) is 2.06. The molecule has 0 spiro atoms. The second-order valence-electron chi connectivity index (χ2n) is 4.86. The van der Waals surface area contributed by atoms with E-state index in [9.17, 15) is 13.2 Å². The predicted molar refractivity (Wildman–Crippen MR) is 74.8 cm³/mol. The molecule has 0 radical (unpaired) electrons. The molecule has 2 heterocycles. The van der Waals surface area contributed by atoms with Crippen molar-refractivity contribution < 1.29 is 13.2 Å². The monoisotopic (exact) mass is 298 g/mol. The molecule has 1 fully saturated rings. The van der Waals surface area contributed by atoms with Gasteiger partial charge in [0.1, 0.15) is 5.75 Å². The molecule has 1 aromatic heterocycles. The van der Waals surface area contributed by atoms with Gasteiger partial charge in [-0.25, -0.2) is 8.42 Å². The summed E-state index contributed by atoms with van der Waals surface area (Å²) in [5.74, 6) is -0.931. The lowest BCUT2D eigenvalue weighted by Gasteiger charge is -2.32. The van der Waals surface area contributed by atoms with Crippen LogP contribution in [0.15, 0.2) is 23.4 Å². The third kappa shape index (κ3) is 3.26. The number of hydrogen-bond acceptors (Lipinski definition) is 6. The molecule has 110 valence electrons. The van der Waals surface area contributed by atoms with E-state index in [0.29, 0.717) is 13.1 Å². The molecule has 1 aromatic rings. The molecule has 8 heteroatoms. The summed E-state index contributed by atoms with van der Waals surface area (Å²) in [4.78, 5) is 19.5. The minimum atomic E-state index is -3.72. The molecule has 1 saturated heterocycles. The lowest BCUT2D eigenvalue weighted by Crippen LogP contribution is -2.48. The summed E-state index contributed by atoms with van der Waals surface area (Å²) in [5, 5.41) is 0. The van der Waals surface area contributed by atoms with Gasteiger partial charge in [0.15, 0.2) is 9.84 Å². The van der Waals surface area contributed by atoms with Crippen molar-refractivity contribution in [3.8, 4) is 0 Å². The lowest BCUT2D eigenvalue weighted by atomic mass is 10.3. The Balaban J connectivity index is 2.09. The molecule has 1 amide bonds. The van der Waals surface area contributed by atoms with E-state index < -0.39 is 15.6 Å². The number of nitrogen functional groups attached to an aromatic ring is 1. The molecular weight excluding hydrogens is 280 g/mol. The van der Waals surface area contributed by atoms with Crippen LogP contribution in [-0.2, 0) is 14.6 Å². The maximum atomic E-state index is 12.2. The van der Waals surface area contributed by atoms with E-state index in [-0.39, 0.29) is 16.5 Å². The van der Waals surface area contributed by atoms with Crippen LogP contribution in [-0.4, -0.2) is 68.1 Å². The van der Waals surface area contributed by atoms with Crippen molar-refractivity contribution in [2.45, 2.75) is 4.90 Å². The van der Waals surface area contributed by atoms with Gasteiger partial charge in [0, 0.05) is 32.4 Å². The van der Waals surface area contributed by atoms with E-state index in [1.54, 1.807) is 4.90 Å². The zero-order chi connectivity index (χ0) is 14.8. The summed E-state index contributed by atoms with van der Waals surface area (Å²) in [6.45, 7) is 2.61. The number of sulfone groups is 1. The van der Waals surface area contributed by atoms with Crippen LogP contribution in [0, 0.1) is 0 Å². The highest BCUT2D eigenvalue weighted by Crippen LogP contribution is 2.18. The van der Waals surface area contributed by atoms with E-state index in [2.05, 4.69) is 9.88 Å². The minimum absolute atomic E-state index is 0.0324. The van der Waals surface area contributed by atoms with Crippen molar-refractivity contribution in [2.75, 3.05) is 44.7 Å². The van der Waals surface area contributed by atoms with Gasteiger partial charge in [0.25, 0.3) is 0 Å². The standard InChI is InChI=1S/C12H18N4O3S/c1-15-4-6-16(7-5-15)12(17)9-20(18,19)11-2-3-14-8-10(11)13/h2-3,8H,4-7,9,13H2,1H3. The summed E-state index contributed by atoms with van der Waals surface area (Å²) in [6, 6.07) is 1.32. The molecule has 0 saturated carbocycles. The van der Waals surface area contributed by atoms with Crippen molar-refractivity contribution >= 4 is 21.4 Å². The maximum absolute atomic E-state index is 12.2. The van der Waals surface area contributed by atoms with Crippen molar-refractivity contribution in [3.05, 3.63) is 18.5 Å². The fourth-order valence-corrected chi connectivity index (χ4v) is 3.41. The summed E-state index contributed by atoms with van der Waals surface area (Å²) in [6.07, 6.45) is 2.62. The zero-order valence-corrected chi connectivity index (χ0v) is 12.1. The number of piperazine rings is 1. The molecule has 1 aliphatic heterocycles. The first-order valence-corrected chi connectivity index (χ1v) is 7.94. The molecule has 7 nitrogen and oxygen atoms in total. The number of carbonyl (C=O) groups excluding carboxylic acids is 1. The fraction of sp³-hybridized carbons (Fsp3) is 0.500. The third-order valence-corrected chi connectivity index (χ3v) is 4.98. The number of nitrogens with zero attached hydrogens (tertiary/aromatic N) is 3. The number of hydrogen-bond donors (Lipinski definition) is 1. The van der Waals surface area contributed by atoms with Gasteiger partial charge in [-0.1, -0.05) is 0 Å². The third-order valence-electron chi connectivity index (χ3n) is 3.31. The molecule has 2 rings (SSSR count). The first-order chi connectivity index (χ1) is 9.40. The van der Waals surface area contributed by atoms with Gasteiger partial charge in [-0.05, 0) is 13.1 Å². The summed E-state index contributed by atoms with van der Waals surface area (Å²) >= 11 is 0. The highest BCUT2D eigenvalue weighted by Gasteiger charge is 2.26. The van der Waals surface area contributed by atoms with Crippen LogP contribution in [0.25, 0.3) is 0 Å². The van der Waals surface area contributed by atoms with Crippen molar-refractivity contribution in [1.82, 2.24) is 14.8 Å². The number of anilines is 1. The average molecular weight is 298 g/mol. The second-order valence-corrected chi connectivity index (χ2v) is 6.81. The number of nitrogens with two attached hydrogens (primary N) is 1. The lowest BCUT2D eigenvalue weighted by molar-refractivity contribution is -0.129. The molecule has 0 aromatic carbocycles. The van der Waals surface area contributed by atoms with Crippen LogP contribution in [0.3, 0.4) is 0 Å². The summed E-state index contributed by atoms with van der Waals surface area (Å²) in [5.41, 5.74) is 5.67. The first-order valence-electron chi connectivity index (χ1n) is 6.29. The van der Waals surface area contributed by atoms with E-state index >= 15 is 0 Å². The Morgan fingerprint density at radius 3 is 2.60 bits per heavy atom. The molecule has 0 aliphatic carbocycles. The quantitative estimate of drug-likeness (QED) is 0.785. The van der Waals surface area contributed by atoms with Gasteiger partial charge in [-0.2, -0.15) is 0 Å². The van der Waals surface area contributed by atoms with Crippen molar-refractivity contribution in [2.24, 2.45) is 0 Å². The Morgan fingerprint density at radius 2 is 2.00 bits per heavy atom. The van der Waals surface area contributed by atoms with Gasteiger partial charge >= 0.3 is 0 Å². The summed E-state index contributed by atoms with van der Waals surface area (Å²) < 4.78 is 24.4. The van der Waals surface area contributed by atoms with Crippen LogP contribution < -0.4 is 5.73 Å². The maximum Gasteiger partial charge on any atom is 0.238 e. The topological polar surface area (TPSA) is 96.6 Å². The van der Waals surface area contributed by atoms with Gasteiger partial charge in [-0.3, -0.25) is 9.78 Å². The van der Waals surface area contributed by atoms with E-state index in [4.69, 9.17) is 5.73 Å². The molecule has 0 unspecified atom stereocenters. The predicted octanol–water partition coefficient (Wildman–Crippen LogP) is -0.788. The Morgan fingerprint density at radius 1 is 1.35 bits per heavy atom. The van der Waals surface area contributed by atoms with E-state index in [0.717, 1.165) is 13.1 Å². The van der Waals surface area contributed by atoms with Crippen molar-refractivity contribution in [1.29, 1.82) is 0 Å². The zero-order valence-electron chi connectivity index (χ0n) is 11.3. The van der Waals surface area contributed by atoms with Crippen molar-refractivity contribution in [3.63, 3.8) is 0 Å². The second kappa shape index (κ2) is 5.76. The Labute approximate surface area is 118 Å². The van der Waals surface area contributed by atoms with Gasteiger partial charge in [0.2, 0.25) is 5.91 Å². The Kier molecular flexibility index (Phi) is 4.24. The molecule has 2 N–H and O–H groups in total. The first kappa shape index (κ1) is 14.7. The highest BCUT2D eigenvalue weighted by atomic mass is 32.2. The Hall–Kier alpha value is -1.67. The number of carbonyl (C=O) groups is 1. The number of aromatic nitrogens is 1. The van der Waals surface area contributed by atoms with Gasteiger partial charge in [0.05, 0.1) is 16.8 Å². The largest absolute Gasteiger partial charge is 0.396 e. The summed E-state index contributed by atoms with van der Waals surface area (Å²) in [7, 11) is -1.75. The molecular formula is C12H18N4O3S. The average Bonchev–Trinajstić information content (AvgIpc) is 2.39.